The summed E-state index contributed by atoms with van der Waals surface area (Å²) in [4.78, 5) is 40.0. The Morgan fingerprint density at radius 2 is 1.75 bits per heavy atom. The summed E-state index contributed by atoms with van der Waals surface area (Å²) < 4.78 is 11.0. The molecule has 10 nitrogen and oxygen atoms in total. The third kappa shape index (κ3) is 7.95. The number of rotatable bonds is 8. The van der Waals surface area contributed by atoms with Gasteiger partial charge in [0, 0.05) is 41.7 Å². The van der Waals surface area contributed by atoms with Crippen LogP contribution in [0.4, 0.5) is 16.2 Å². The number of carbonyl (C=O) groups is 2. The Balaban J connectivity index is 1.76. The molecule has 3 rings (SSSR count). The first-order valence-electron chi connectivity index (χ1n) is 10.9. The van der Waals surface area contributed by atoms with Gasteiger partial charge in [0.1, 0.15) is 17.4 Å². The number of amides is 2. The number of carbonyl (C=O) groups excluding carboxylic acids is 2. The number of nitrogens with one attached hydrogen (secondary N) is 2. The van der Waals surface area contributed by atoms with Gasteiger partial charge in [0.2, 0.25) is 11.7 Å². The van der Waals surface area contributed by atoms with Gasteiger partial charge in [-0.2, -0.15) is 0 Å². The number of benzene rings is 2. The van der Waals surface area contributed by atoms with E-state index in [1.54, 1.807) is 57.2 Å². The molecule has 0 spiro atoms. The highest BCUT2D eigenvalue weighted by atomic mass is 35.5. The second-order valence-corrected chi connectivity index (χ2v) is 9.18. The lowest BCUT2D eigenvalue weighted by atomic mass is 10.0. The Kier molecular flexibility index (Phi) is 8.44. The van der Waals surface area contributed by atoms with Crippen LogP contribution < -0.4 is 15.4 Å². The summed E-state index contributed by atoms with van der Waals surface area (Å²) in [5, 5.41) is 16.9. The molecular weight excluding hydrogens is 488 g/mol. The van der Waals surface area contributed by atoms with Crippen LogP contribution >= 0.6 is 11.6 Å². The maximum Gasteiger partial charge on any atom is 0.408 e. The van der Waals surface area contributed by atoms with E-state index in [0.29, 0.717) is 22.0 Å². The SMILES string of the molecule is CC(C)(C)OC(=O)N[C@@H](Cc1ccc(Oc2cc(Cl)ccc2[N+](=O)[O-])cc1)C(=O)Nc1ccncc1. The minimum Gasteiger partial charge on any atom is -0.450 e. The fourth-order valence-corrected chi connectivity index (χ4v) is 3.26. The molecule has 0 aliphatic heterocycles. The normalized spacial score (nSPS) is 11.8. The van der Waals surface area contributed by atoms with Crippen molar-refractivity contribution in [2.45, 2.75) is 38.8 Å². The van der Waals surface area contributed by atoms with E-state index in [4.69, 9.17) is 21.1 Å². The summed E-state index contributed by atoms with van der Waals surface area (Å²) in [6.07, 6.45) is 2.49. The first kappa shape index (κ1) is 26.4. The van der Waals surface area contributed by atoms with E-state index in [0.717, 1.165) is 0 Å². The molecule has 188 valence electrons. The third-order valence-electron chi connectivity index (χ3n) is 4.66. The van der Waals surface area contributed by atoms with E-state index in [2.05, 4.69) is 15.6 Å². The van der Waals surface area contributed by atoms with Crippen molar-refractivity contribution in [3.8, 4) is 11.5 Å². The average molecular weight is 513 g/mol. The van der Waals surface area contributed by atoms with Gasteiger partial charge in [0.15, 0.2) is 0 Å². The zero-order chi connectivity index (χ0) is 26.3. The van der Waals surface area contributed by atoms with Crippen molar-refractivity contribution in [1.29, 1.82) is 0 Å². The Morgan fingerprint density at radius 1 is 1.08 bits per heavy atom. The number of anilines is 1. The van der Waals surface area contributed by atoms with E-state index in [9.17, 15) is 19.7 Å². The molecule has 1 heterocycles. The molecule has 3 aromatic rings. The minimum atomic E-state index is -0.950. The van der Waals surface area contributed by atoms with E-state index >= 15 is 0 Å². The molecule has 36 heavy (non-hydrogen) atoms. The molecule has 0 unspecified atom stereocenters. The van der Waals surface area contributed by atoms with Crippen LogP contribution in [0.2, 0.25) is 5.02 Å². The lowest BCUT2D eigenvalue weighted by molar-refractivity contribution is -0.385. The van der Waals surface area contributed by atoms with Gasteiger partial charge in [-0.3, -0.25) is 19.9 Å². The first-order chi connectivity index (χ1) is 17.0. The van der Waals surface area contributed by atoms with Crippen molar-refractivity contribution in [2.75, 3.05) is 5.32 Å². The number of pyridine rings is 1. The topological polar surface area (TPSA) is 133 Å². The van der Waals surface area contributed by atoms with Gasteiger partial charge in [0.05, 0.1) is 4.92 Å². The van der Waals surface area contributed by atoms with Gasteiger partial charge in [-0.25, -0.2) is 4.79 Å². The number of hydrogen-bond acceptors (Lipinski definition) is 7. The average Bonchev–Trinajstić information content (AvgIpc) is 2.79. The molecule has 1 atom stereocenters. The van der Waals surface area contributed by atoms with Crippen LogP contribution in [0.1, 0.15) is 26.3 Å². The zero-order valence-electron chi connectivity index (χ0n) is 19.9. The number of halogens is 1. The Bertz CT molecular complexity index is 1230. The van der Waals surface area contributed by atoms with E-state index in [1.807, 2.05) is 0 Å². The summed E-state index contributed by atoms with van der Waals surface area (Å²) >= 11 is 5.95. The number of alkyl carbamates (subject to hydrolysis) is 1. The highest BCUT2D eigenvalue weighted by Crippen LogP contribution is 2.33. The van der Waals surface area contributed by atoms with Crippen LogP contribution in [-0.2, 0) is 16.0 Å². The molecule has 2 aromatic carbocycles. The molecule has 0 aliphatic rings. The standard InChI is InChI=1S/C25H25ClN4O6/c1-25(2,3)36-24(32)29-20(23(31)28-18-10-12-27-13-11-18)14-16-4-7-19(8-5-16)35-22-15-17(26)6-9-21(22)30(33)34/h4-13,15,20H,14H2,1-3H3,(H,29,32)(H,27,28,31)/t20-/m0/s1. The lowest BCUT2D eigenvalue weighted by Gasteiger charge is -2.23. The van der Waals surface area contributed by atoms with Crippen LogP contribution in [-0.4, -0.2) is 33.6 Å². The fraction of sp³-hybridized carbons (Fsp3) is 0.240. The van der Waals surface area contributed by atoms with Crippen molar-refractivity contribution >= 4 is 35.0 Å². The van der Waals surface area contributed by atoms with Gasteiger partial charge in [-0.1, -0.05) is 23.7 Å². The molecule has 2 amide bonds. The quantitative estimate of drug-likeness (QED) is 0.300. The molecule has 0 radical (unpaired) electrons. The highest BCUT2D eigenvalue weighted by Gasteiger charge is 2.25. The van der Waals surface area contributed by atoms with E-state index in [1.165, 1.54) is 30.6 Å². The Labute approximate surface area is 212 Å². The predicted molar refractivity (Wildman–Crippen MR) is 134 cm³/mol. The van der Waals surface area contributed by atoms with Gasteiger partial charge in [-0.05, 0) is 56.7 Å². The first-order valence-corrected chi connectivity index (χ1v) is 11.3. The number of nitrogens with zero attached hydrogens (tertiary/aromatic N) is 2. The van der Waals surface area contributed by atoms with Crippen LogP contribution in [0.15, 0.2) is 67.0 Å². The summed E-state index contributed by atoms with van der Waals surface area (Å²) in [6, 6.07) is 12.9. The summed E-state index contributed by atoms with van der Waals surface area (Å²) in [5.41, 5.74) is 0.266. The van der Waals surface area contributed by atoms with Gasteiger partial charge in [-0.15, -0.1) is 0 Å². The maximum atomic E-state index is 13.0. The maximum absolute atomic E-state index is 13.0. The van der Waals surface area contributed by atoms with Crippen molar-refractivity contribution in [1.82, 2.24) is 10.3 Å². The van der Waals surface area contributed by atoms with Crippen LogP contribution in [0.3, 0.4) is 0 Å². The number of nitro groups is 1. The zero-order valence-corrected chi connectivity index (χ0v) is 20.6. The van der Waals surface area contributed by atoms with E-state index < -0.39 is 28.6 Å². The molecule has 0 saturated heterocycles. The molecular formula is C25H25ClN4O6. The molecule has 2 N–H and O–H groups in total. The number of aromatic nitrogens is 1. The van der Waals surface area contributed by atoms with Crippen LogP contribution in [0.5, 0.6) is 11.5 Å². The van der Waals surface area contributed by atoms with Crippen molar-refractivity contribution in [3.63, 3.8) is 0 Å². The largest absolute Gasteiger partial charge is 0.450 e. The molecule has 0 fully saturated rings. The van der Waals surface area contributed by atoms with Crippen LogP contribution in [0.25, 0.3) is 0 Å². The smallest absolute Gasteiger partial charge is 0.408 e. The second kappa shape index (κ2) is 11.5. The van der Waals surface area contributed by atoms with Gasteiger partial charge in [0.25, 0.3) is 0 Å². The monoisotopic (exact) mass is 512 g/mol. The fourth-order valence-electron chi connectivity index (χ4n) is 3.10. The summed E-state index contributed by atoms with van der Waals surface area (Å²) in [6.45, 7) is 5.17. The van der Waals surface area contributed by atoms with E-state index in [-0.39, 0.29) is 17.9 Å². The van der Waals surface area contributed by atoms with Gasteiger partial charge < -0.3 is 20.1 Å². The number of hydrogen-bond donors (Lipinski definition) is 2. The van der Waals surface area contributed by atoms with Gasteiger partial charge >= 0.3 is 11.8 Å². The van der Waals surface area contributed by atoms with Crippen molar-refractivity contribution in [3.05, 3.63) is 87.7 Å². The molecule has 1 aromatic heterocycles. The number of nitro benzene ring substituents is 1. The third-order valence-corrected chi connectivity index (χ3v) is 4.90. The molecule has 0 bridgehead atoms. The summed E-state index contributed by atoms with van der Waals surface area (Å²) in [7, 11) is 0. The Morgan fingerprint density at radius 3 is 2.36 bits per heavy atom. The molecule has 11 heteroatoms. The summed E-state index contributed by atoms with van der Waals surface area (Å²) in [5.74, 6) is -0.106. The predicted octanol–water partition coefficient (Wildman–Crippen LogP) is 5.51. The molecule has 0 aliphatic carbocycles. The Hall–Kier alpha value is -4.18. The van der Waals surface area contributed by atoms with Crippen molar-refractivity contribution in [2.24, 2.45) is 0 Å². The molecule has 0 saturated carbocycles. The highest BCUT2D eigenvalue weighted by molar-refractivity contribution is 6.30. The van der Waals surface area contributed by atoms with Crippen molar-refractivity contribution < 1.29 is 24.0 Å². The number of ether oxygens (including phenoxy) is 2. The lowest BCUT2D eigenvalue weighted by Crippen LogP contribution is -2.47. The minimum absolute atomic E-state index is 0.00134. The van der Waals surface area contributed by atoms with Crippen LogP contribution in [0, 0.1) is 10.1 Å². The second-order valence-electron chi connectivity index (χ2n) is 8.74.